The number of anilines is 2. The fraction of sp³-hybridized carbons (Fsp3) is 0.500. The maximum Gasteiger partial charge on any atom is 0.229 e. The number of aromatic nitrogens is 2. The second kappa shape index (κ2) is 9.33. The van der Waals surface area contributed by atoms with Crippen molar-refractivity contribution in [2.75, 3.05) is 56.8 Å². The average molecular weight is 374 g/mol. The molecule has 2 aromatic heterocycles. The number of ether oxygens (including phenoxy) is 2. The van der Waals surface area contributed by atoms with Gasteiger partial charge in [-0.2, -0.15) is 10.1 Å². The quantitative estimate of drug-likeness (QED) is 0.408. The Labute approximate surface area is 158 Å². The van der Waals surface area contributed by atoms with Crippen molar-refractivity contribution in [3.8, 4) is 5.88 Å². The lowest BCUT2D eigenvalue weighted by Crippen LogP contribution is -2.37. The standard InChI is InChI=1S/C18H26N6O3/c1-13-10-17(27-14(13)2)23-20-12-15-11-16(26-7-4-19-3)22-18(21-15)24-5-8-25-9-6-24/h10-12,19,23H,4-9H2,1-3H3/b20-12+. The second-order valence-corrected chi connectivity index (χ2v) is 6.20. The molecule has 0 bridgehead atoms. The summed E-state index contributed by atoms with van der Waals surface area (Å²) in [5, 5.41) is 7.27. The zero-order valence-electron chi connectivity index (χ0n) is 16.0. The molecule has 1 saturated heterocycles. The third-order valence-electron chi connectivity index (χ3n) is 4.14. The van der Waals surface area contributed by atoms with Crippen molar-refractivity contribution in [2.45, 2.75) is 13.8 Å². The van der Waals surface area contributed by atoms with Crippen LogP contribution in [0.25, 0.3) is 0 Å². The zero-order valence-corrected chi connectivity index (χ0v) is 16.0. The van der Waals surface area contributed by atoms with Crippen LogP contribution in [0.5, 0.6) is 5.88 Å². The summed E-state index contributed by atoms with van der Waals surface area (Å²) in [5.41, 5.74) is 4.61. The van der Waals surface area contributed by atoms with E-state index in [1.54, 1.807) is 12.3 Å². The van der Waals surface area contributed by atoms with Gasteiger partial charge in [0.1, 0.15) is 12.4 Å². The van der Waals surface area contributed by atoms with Crippen molar-refractivity contribution >= 4 is 18.0 Å². The summed E-state index contributed by atoms with van der Waals surface area (Å²) in [4.78, 5) is 11.2. The van der Waals surface area contributed by atoms with Gasteiger partial charge in [-0.1, -0.05) is 0 Å². The van der Waals surface area contributed by atoms with E-state index >= 15 is 0 Å². The molecule has 0 aromatic carbocycles. The molecule has 2 N–H and O–H groups in total. The van der Waals surface area contributed by atoms with E-state index in [1.807, 2.05) is 27.0 Å². The Bertz CT molecular complexity index is 751. The number of morpholine rings is 1. The molecule has 0 unspecified atom stereocenters. The molecule has 0 aliphatic carbocycles. The topological polar surface area (TPSA) is 97.0 Å². The van der Waals surface area contributed by atoms with Gasteiger partial charge in [-0.3, -0.25) is 0 Å². The molecule has 9 heteroatoms. The van der Waals surface area contributed by atoms with E-state index in [0.29, 0.717) is 43.2 Å². The van der Waals surface area contributed by atoms with Crippen LogP contribution in [0, 0.1) is 13.8 Å². The van der Waals surface area contributed by atoms with Gasteiger partial charge in [0.2, 0.25) is 17.7 Å². The van der Waals surface area contributed by atoms with Crippen molar-refractivity contribution in [3.05, 3.63) is 29.2 Å². The Balaban J connectivity index is 1.74. The van der Waals surface area contributed by atoms with Crippen molar-refractivity contribution in [2.24, 2.45) is 5.10 Å². The van der Waals surface area contributed by atoms with Crippen LogP contribution >= 0.6 is 0 Å². The minimum absolute atomic E-state index is 0.521. The first-order valence-electron chi connectivity index (χ1n) is 9.01. The van der Waals surface area contributed by atoms with Crippen LogP contribution in [-0.2, 0) is 4.74 Å². The van der Waals surface area contributed by atoms with Crippen molar-refractivity contribution in [3.63, 3.8) is 0 Å². The van der Waals surface area contributed by atoms with Gasteiger partial charge in [-0.15, -0.1) is 0 Å². The molecule has 146 valence electrons. The summed E-state index contributed by atoms with van der Waals surface area (Å²) < 4.78 is 16.7. The molecule has 2 aromatic rings. The van der Waals surface area contributed by atoms with Gasteiger partial charge in [0.05, 0.1) is 25.1 Å². The lowest BCUT2D eigenvalue weighted by Gasteiger charge is -2.27. The highest BCUT2D eigenvalue weighted by Gasteiger charge is 2.16. The van der Waals surface area contributed by atoms with Crippen LogP contribution in [0.1, 0.15) is 17.0 Å². The van der Waals surface area contributed by atoms with E-state index in [2.05, 4.69) is 30.7 Å². The Morgan fingerprint density at radius 2 is 2.07 bits per heavy atom. The smallest absolute Gasteiger partial charge is 0.229 e. The fourth-order valence-electron chi connectivity index (χ4n) is 2.52. The average Bonchev–Trinajstić information content (AvgIpc) is 3.00. The lowest BCUT2D eigenvalue weighted by atomic mass is 10.3. The number of aryl methyl sites for hydroxylation is 2. The van der Waals surface area contributed by atoms with E-state index in [4.69, 9.17) is 13.9 Å². The number of hydrazone groups is 1. The highest BCUT2D eigenvalue weighted by Crippen LogP contribution is 2.18. The van der Waals surface area contributed by atoms with Gasteiger partial charge in [-0.05, 0) is 26.5 Å². The van der Waals surface area contributed by atoms with Crippen molar-refractivity contribution < 1.29 is 13.9 Å². The number of furan rings is 1. The van der Waals surface area contributed by atoms with Crippen LogP contribution in [-0.4, -0.2) is 62.7 Å². The highest BCUT2D eigenvalue weighted by molar-refractivity contribution is 5.78. The number of likely N-dealkylation sites (N-methyl/N-ethyl adjacent to an activating group) is 1. The Hall–Kier alpha value is -2.65. The normalized spacial score (nSPS) is 14.7. The van der Waals surface area contributed by atoms with Crippen molar-refractivity contribution in [1.29, 1.82) is 0 Å². The Morgan fingerprint density at radius 3 is 2.78 bits per heavy atom. The van der Waals surface area contributed by atoms with Crippen LogP contribution < -0.4 is 20.4 Å². The van der Waals surface area contributed by atoms with Gasteiger partial charge in [0, 0.05) is 31.8 Å². The van der Waals surface area contributed by atoms with E-state index < -0.39 is 0 Å². The van der Waals surface area contributed by atoms with Gasteiger partial charge >= 0.3 is 0 Å². The first kappa shape index (κ1) is 19.1. The van der Waals surface area contributed by atoms with Gasteiger partial charge in [0.25, 0.3) is 0 Å². The lowest BCUT2D eigenvalue weighted by molar-refractivity contribution is 0.122. The maximum absolute atomic E-state index is 5.73. The number of rotatable bonds is 8. The monoisotopic (exact) mass is 374 g/mol. The van der Waals surface area contributed by atoms with Gasteiger partial charge in [0.15, 0.2) is 0 Å². The second-order valence-electron chi connectivity index (χ2n) is 6.20. The summed E-state index contributed by atoms with van der Waals surface area (Å²) in [7, 11) is 1.88. The molecule has 1 fully saturated rings. The molecule has 0 amide bonds. The summed E-state index contributed by atoms with van der Waals surface area (Å²) in [6, 6.07) is 3.67. The molecule has 0 radical (unpaired) electrons. The number of hydrogen-bond donors (Lipinski definition) is 2. The SMILES string of the molecule is CNCCOc1cc(/C=N/Nc2cc(C)c(C)o2)nc(N2CCOCC2)n1. The molecule has 0 atom stereocenters. The Kier molecular flexibility index (Phi) is 6.61. The summed E-state index contributed by atoms with van der Waals surface area (Å²) in [5.74, 6) is 2.60. The first-order valence-corrected chi connectivity index (χ1v) is 9.01. The van der Waals surface area contributed by atoms with E-state index in [1.165, 1.54) is 0 Å². The van der Waals surface area contributed by atoms with Crippen LogP contribution in [0.2, 0.25) is 0 Å². The van der Waals surface area contributed by atoms with Crippen LogP contribution in [0.15, 0.2) is 21.7 Å². The predicted molar refractivity (Wildman–Crippen MR) is 104 cm³/mol. The fourth-order valence-corrected chi connectivity index (χ4v) is 2.52. The molecule has 0 spiro atoms. The minimum Gasteiger partial charge on any atom is -0.476 e. The van der Waals surface area contributed by atoms with Crippen LogP contribution in [0.3, 0.4) is 0 Å². The summed E-state index contributed by atoms with van der Waals surface area (Å²) in [6.07, 6.45) is 1.63. The molecule has 1 aliphatic rings. The molecule has 27 heavy (non-hydrogen) atoms. The largest absolute Gasteiger partial charge is 0.476 e. The third-order valence-corrected chi connectivity index (χ3v) is 4.14. The van der Waals surface area contributed by atoms with Crippen LogP contribution in [0.4, 0.5) is 11.8 Å². The Morgan fingerprint density at radius 1 is 1.26 bits per heavy atom. The minimum atomic E-state index is 0.521. The summed E-state index contributed by atoms with van der Waals surface area (Å²) in [6.45, 7) is 7.99. The molecular formula is C18H26N6O3. The van der Waals surface area contributed by atoms with E-state index in [9.17, 15) is 0 Å². The molecule has 0 saturated carbocycles. The number of hydrogen-bond acceptors (Lipinski definition) is 9. The zero-order chi connectivity index (χ0) is 19.1. The first-order chi connectivity index (χ1) is 13.2. The predicted octanol–water partition coefficient (Wildman–Crippen LogP) is 1.57. The van der Waals surface area contributed by atoms with Crippen molar-refractivity contribution in [1.82, 2.24) is 15.3 Å². The van der Waals surface area contributed by atoms with Gasteiger partial charge < -0.3 is 24.1 Å². The molecular weight excluding hydrogens is 348 g/mol. The highest BCUT2D eigenvalue weighted by atomic mass is 16.5. The van der Waals surface area contributed by atoms with E-state index in [0.717, 1.165) is 31.0 Å². The number of nitrogens with one attached hydrogen (secondary N) is 2. The molecule has 3 rings (SSSR count). The molecule has 3 heterocycles. The number of nitrogens with zero attached hydrogens (tertiary/aromatic N) is 4. The molecule has 9 nitrogen and oxygen atoms in total. The maximum atomic E-state index is 5.73. The third kappa shape index (κ3) is 5.41. The molecule has 1 aliphatic heterocycles. The van der Waals surface area contributed by atoms with Gasteiger partial charge in [-0.25, -0.2) is 10.4 Å². The van der Waals surface area contributed by atoms with E-state index in [-0.39, 0.29) is 0 Å². The summed E-state index contributed by atoms with van der Waals surface area (Å²) >= 11 is 0.